The van der Waals surface area contributed by atoms with Crippen LogP contribution in [0, 0.1) is 11.8 Å². The second kappa shape index (κ2) is 7.86. The molecule has 1 fully saturated rings. The zero-order chi connectivity index (χ0) is 17.7. The number of piperidine rings is 1. The highest BCUT2D eigenvalue weighted by atomic mass is 16.5. The van der Waals surface area contributed by atoms with Crippen LogP contribution in [0.5, 0.6) is 5.75 Å². The lowest BCUT2D eigenvalue weighted by Crippen LogP contribution is -2.47. The first-order valence-electron chi connectivity index (χ1n) is 8.01. The molecule has 1 aliphatic rings. The molecule has 130 valence electrons. The Hall–Kier alpha value is -2.50. The van der Waals surface area contributed by atoms with Crippen LogP contribution in [-0.4, -0.2) is 41.7 Å². The van der Waals surface area contributed by atoms with Crippen LogP contribution in [0.15, 0.2) is 36.4 Å². The third kappa shape index (κ3) is 5.01. The summed E-state index contributed by atoms with van der Waals surface area (Å²) in [5.74, 6) is -0.554. The van der Waals surface area contributed by atoms with Crippen molar-refractivity contribution in [2.75, 3.05) is 25.0 Å². The van der Waals surface area contributed by atoms with Crippen LogP contribution in [0.25, 0.3) is 0 Å². The van der Waals surface area contributed by atoms with Gasteiger partial charge in [-0.3, -0.25) is 4.79 Å². The Morgan fingerprint density at radius 2 is 2.17 bits per heavy atom. The van der Waals surface area contributed by atoms with E-state index in [0.29, 0.717) is 31.0 Å². The zero-order valence-electron chi connectivity index (χ0n) is 14.1. The summed E-state index contributed by atoms with van der Waals surface area (Å²) in [4.78, 5) is 25.2. The molecule has 1 saturated heterocycles. The number of hydrogen-bond acceptors (Lipinski definition) is 3. The van der Waals surface area contributed by atoms with Crippen LogP contribution in [-0.2, 0) is 4.79 Å². The molecule has 2 rings (SSSR count). The maximum atomic E-state index is 12.4. The summed E-state index contributed by atoms with van der Waals surface area (Å²) < 4.78 is 5.56. The minimum Gasteiger partial charge on any atom is -0.489 e. The SMILES string of the molecule is C=C(C)COc1cccc(NC(=O)N2CC(C)CC(C(=O)O)C2)c1. The van der Waals surface area contributed by atoms with Crippen molar-refractivity contribution >= 4 is 17.7 Å². The lowest BCUT2D eigenvalue weighted by molar-refractivity contribution is -0.143. The predicted octanol–water partition coefficient (Wildman–Crippen LogP) is 3.22. The van der Waals surface area contributed by atoms with Gasteiger partial charge >= 0.3 is 12.0 Å². The summed E-state index contributed by atoms with van der Waals surface area (Å²) in [6.45, 7) is 8.83. The number of benzene rings is 1. The topological polar surface area (TPSA) is 78.9 Å². The van der Waals surface area contributed by atoms with E-state index in [0.717, 1.165) is 5.57 Å². The van der Waals surface area contributed by atoms with Gasteiger partial charge in [-0.05, 0) is 37.0 Å². The van der Waals surface area contributed by atoms with Gasteiger partial charge in [0.05, 0.1) is 5.92 Å². The van der Waals surface area contributed by atoms with Gasteiger partial charge in [0, 0.05) is 24.8 Å². The number of carboxylic acids is 1. The Bertz CT molecular complexity index is 629. The monoisotopic (exact) mass is 332 g/mol. The van der Waals surface area contributed by atoms with Crippen LogP contribution in [0.4, 0.5) is 10.5 Å². The Morgan fingerprint density at radius 3 is 2.83 bits per heavy atom. The number of urea groups is 1. The number of carbonyl (C=O) groups excluding carboxylic acids is 1. The fourth-order valence-corrected chi connectivity index (χ4v) is 2.77. The average Bonchev–Trinajstić information content (AvgIpc) is 2.52. The summed E-state index contributed by atoms with van der Waals surface area (Å²) in [7, 11) is 0. The summed E-state index contributed by atoms with van der Waals surface area (Å²) >= 11 is 0. The minimum absolute atomic E-state index is 0.163. The van der Waals surface area contributed by atoms with Gasteiger partial charge in [-0.25, -0.2) is 4.79 Å². The molecule has 2 amide bonds. The molecule has 0 spiro atoms. The highest BCUT2D eigenvalue weighted by Crippen LogP contribution is 2.23. The van der Waals surface area contributed by atoms with Crippen LogP contribution in [0.1, 0.15) is 20.3 Å². The van der Waals surface area contributed by atoms with Gasteiger partial charge in [-0.1, -0.05) is 19.6 Å². The molecule has 1 heterocycles. The molecule has 0 saturated carbocycles. The molecular weight excluding hydrogens is 308 g/mol. The van der Waals surface area contributed by atoms with Gasteiger partial charge in [0.2, 0.25) is 0 Å². The molecule has 1 aliphatic heterocycles. The van der Waals surface area contributed by atoms with Gasteiger partial charge in [-0.15, -0.1) is 0 Å². The van der Waals surface area contributed by atoms with Gasteiger partial charge in [0.1, 0.15) is 12.4 Å². The first-order valence-corrected chi connectivity index (χ1v) is 8.01. The van der Waals surface area contributed by atoms with E-state index in [1.165, 1.54) is 0 Å². The molecule has 6 heteroatoms. The van der Waals surface area contributed by atoms with Crippen molar-refractivity contribution in [3.63, 3.8) is 0 Å². The minimum atomic E-state index is -0.852. The number of aliphatic carboxylic acids is 1. The van der Waals surface area contributed by atoms with Crippen LogP contribution in [0.2, 0.25) is 0 Å². The number of carboxylic acid groups (broad SMARTS) is 1. The second-order valence-electron chi connectivity index (χ2n) is 6.48. The number of likely N-dealkylation sites (tertiary alicyclic amines) is 1. The van der Waals surface area contributed by atoms with Crippen molar-refractivity contribution in [1.29, 1.82) is 0 Å². The molecule has 24 heavy (non-hydrogen) atoms. The number of anilines is 1. The van der Waals surface area contributed by atoms with E-state index >= 15 is 0 Å². The Morgan fingerprint density at radius 1 is 1.42 bits per heavy atom. The lowest BCUT2D eigenvalue weighted by atomic mass is 9.91. The van der Waals surface area contributed by atoms with Crippen molar-refractivity contribution in [3.8, 4) is 5.75 Å². The maximum absolute atomic E-state index is 12.4. The number of hydrogen-bond donors (Lipinski definition) is 2. The largest absolute Gasteiger partial charge is 0.489 e. The number of nitrogens with zero attached hydrogens (tertiary/aromatic N) is 1. The Kier molecular flexibility index (Phi) is 5.84. The number of rotatable bonds is 5. The first-order chi connectivity index (χ1) is 11.3. The third-order valence-electron chi connectivity index (χ3n) is 3.87. The van der Waals surface area contributed by atoms with Crippen LogP contribution < -0.4 is 10.1 Å². The number of carbonyl (C=O) groups is 2. The molecule has 1 aromatic carbocycles. The molecule has 0 aliphatic carbocycles. The zero-order valence-corrected chi connectivity index (χ0v) is 14.1. The van der Waals surface area contributed by atoms with Crippen LogP contribution in [0.3, 0.4) is 0 Å². The fourth-order valence-electron chi connectivity index (χ4n) is 2.77. The first kappa shape index (κ1) is 17.8. The highest BCUT2D eigenvalue weighted by molar-refractivity contribution is 5.90. The predicted molar refractivity (Wildman–Crippen MR) is 92.2 cm³/mol. The van der Waals surface area contributed by atoms with Crippen molar-refractivity contribution in [2.45, 2.75) is 20.3 Å². The molecule has 2 atom stereocenters. The molecule has 0 aromatic heterocycles. The molecule has 0 bridgehead atoms. The lowest BCUT2D eigenvalue weighted by Gasteiger charge is -2.34. The normalized spacial score (nSPS) is 20.3. The van der Waals surface area contributed by atoms with Gasteiger partial charge in [0.15, 0.2) is 0 Å². The smallest absolute Gasteiger partial charge is 0.321 e. The summed E-state index contributed by atoms with van der Waals surface area (Å²) in [5, 5.41) is 12.0. The van der Waals surface area contributed by atoms with Crippen molar-refractivity contribution < 1.29 is 19.4 Å². The molecule has 1 aromatic rings. The third-order valence-corrected chi connectivity index (χ3v) is 3.87. The van der Waals surface area contributed by atoms with Gasteiger partial charge in [-0.2, -0.15) is 0 Å². The number of amides is 2. The molecule has 2 unspecified atom stereocenters. The number of nitrogens with one attached hydrogen (secondary N) is 1. The molecule has 0 radical (unpaired) electrons. The van der Waals surface area contributed by atoms with Gasteiger partial charge < -0.3 is 20.1 Å². The van der Waals surface area contributed by atoms with E-state index in [9.17, 15) is 14.7 Å². The second-order valence-corrected chi connectivity index (χ2v) is 6.48. The summed E-state index contributed by atoms with van der Waals surface area (Å²) in [6.07, 6.45) is 0.601. The van der Waals surface area contributed by atoms with Crippen molar-refractivity contribution in [1.82, 2.24) is 4.90 Å². The number of ether oxygens (including phenoxy) is 1. The molecular formula is C18H24N2O4. The molecule has 2 N–H and O–H groups in total. The summed E-state index contributed by atoms with van der Waals surface area (Å²) in [5.41, 5.74) is 1.52. The van der Waals surface area contributed by atoms with E-state index in [1.807, 2.05) is 19.9 Å². The van der Waals surface area contributed by atoms with E-state index in [4.69, 9.17) is 4.74 Å². The Balaban J connectivity index is 1.99. The quantitative estimate of drug-likeness (QED) is 0.812. The van der Waals surface area contributed by atoms with Crippen LogP contribution >= 0.6 is 0 Å². The maximum Gasteiger partial charge on any atom is 0.321 e. The van der Waals surface area contributed by atoms with E-state index in [2.05, 4.69) is 11.9 Å². The van der Waals surface area contributed by atoms with E-state index in [1.54, 1.807) is 23.1 Å². The van der Waals surface area contributed by atoms with Crippen molar-refractivity contribution in [2.24, 2.45) is 11.8 Å². The van der Waals surface area contributed by atoms with Crippen molar-refractivity contribution in [3.05, 3.63) is 36.4 Å². The molecule has 6 nitrogen and oxygen atoms in total. The Labute approximate surface area is 142 Å². The highest BCUT2D eigenvalue weighted by Gasteiger charge is 2.31. The summed E-state index contributed by atoms with van der Waals surface area (Å²) in [6, 6.07) is 6.82. The average molecular weight is 332 g/mol. The van der Waals surface area contributed by atoms with Gasteiger partial charge in [0.25, 0.3) is 0 Å². The van der Waals surface area contributed by atoms with E-state index < -0.39 is 11.9 Å². The van der Waals surface area contributed by atoms with E-state index in [-0.39, 0.29) is 18.5 Å². The standard InChI is InChI=1S/C18H24N2O4/c1-12(2)11-24-16-6-4-5-15(8-16)19-18(23)20-9-13(3)7-14(10-20)17(21)22/h4-6,8,13-14H,1,7,9-11H2,2-3H3,(H,19,23)(H,21,22). The fraction of sp³-hybridized carbons (Fsp3) is 0.444.